The monoisotopic (exact) mass is 530 g/mol. The van der Waals surface area contributed by atoms with Crippen molar-refractivity contribution in [2.75, 3.05) is 11.5 Å². The van der Waals surface area contributed by atoms with Gasteiger partial charge in [-0.3, -0.25) is 24.0 Å². The normalized spacial score (nSPS) is 17.8. The summed E-state index contributed by atoms with van der Waals surface area (Å²) >= 11 is 0. The van der Waals surface area contributed by atoms with E-state index >= 15 is 0 Å². The van der Waals surface area contributed by atoms with Crippen molar-refractivity contribution in [1.82, 2.24) is 15.1 Å². The van der Waals surface area contributed by atoms with Crippen molar-refractivity contribution in [2.24, 2.45) is 7.05 Å². The van der Waals surface area contributed by atoms with Gasteiger partial charge in [0.2, 0.25) is 12.0 Å². The van der Waals surface area contributed by atoms with Crippen molar-refractivity contribution in [3.8, 4) is 11.5 Å². The van der Waals surface area contributed by atoms with E-state index in [2.05, 4.69) is 10.4 Å². The predicted molar refractivity (Wildman–Crippen MR) is 146 cm³/mol. The van der Waals surface area contributed by atoms with Crippen LogP contribution in [0.4, 0.5) is 5.69 Å². The van der Waals surface area contributed by atoms with Crippen LogP contribution >= 0.6 is 0 Å². The molecule has 1 aromatic heterocycles. The summed E-state index contributed by atoms with van der Waals surface area (Å²) in [5.74, 6) is 0.240. The van der Waals surface area contributed by atoms with E-state index in [4.69, 9.17) is 9.47 Å². The minimum atomic E-state index is -1.00. The number of nitrogens with zero attached hydrogens (tertiary/aromatic N) is 3. The molecule has 2 aliphatic rings. The topological polar surface area (TPSA) is 103 Å². The number of ether oxygens (including phenoxy) is 2. The number of benzene rings is 2. The largest absolute Gasteiger partial charge is 0.485 e. The van der Waals surface area contributed by atoms with Crippen molar-refractivity contribution >= 4 is 23.3 Å². The lowest BCUT2D eigenvalue weighted by atomic mass is 9.94. The van der Waals surface area contributed by atoms with Crippen molar-refractivity contribution in [2.45, 2.75) is 64.1 Å². The summed E-state index contributed by atoms with van der Waals surface area (Å²) in [5, 5.41) is 7.69. The fraction of sp³-hybridized carbons (Fsp3) is 0.400. The van der Waals surface area contributed by atoms with E-state index in [1.54, 1.807) is 54.3 Å². The van der Waals surface area contributed by atoms with Crippen molar-refractivity contribution in [3.63, 3.8) is 0 Å². The van der Waals surface area contributed by atoms with Crippen LogP contribution in [-0.4, -0.2) is 46.1 Å². The lowest BCUT2D eigenvalue weighted by molar-refractivity contribution is -0.132. The molecule has 0 bridgehead atoms. The molecule has 0 spiro atoms. The van der Waals surface area contributed by atoms with E-state index in [1.165, 1.54) is 11.8 Å². The van der Waals surface area contributed by atoms with Crippen LogP contribution in [0.25, 0.3) is 0 Å². The van der Waals surface area contributed by atoms with Crippen LogP contribution in [0.5, 0.6) is 11.5 Å². The zero-order chi connectivity index (χ0) is 27.5. The maximum Gasteiger partial charge on any atom is 0.272 e. The first-order valence-corrected chi connectivity index (χ1v) is 13.4. The first kappa shape index (κ1) is 26.5. The Kier molecular flexibility index (Phi) is 7.67. The average molecular weight is 531 g/mol. The molecule has 9 nitrogen and oxygen atoms in total. The number of amides is 2. The molecule has 204 valence electrons. The number of hydrogen-bond acceptors (Lipinski definition) is 6. The highest BCUT2D eigenvalue weighted by Gasteiger charge is 2.41. The SMILES string of the molecule is CC(=O)c1ccc(N(C(=O)[C@H]2COc3ccccc3O2)[C@H](C(=O)NC2CCCCC2)c2cn(C)nc2C)cc1. The highest BCUT2D eigenvalue weighted by molar-refractivity contribution is 6.04. The molecule has 2 atom stereocenters. The van der Waals surface area contributed by atoms with Gasteiger partial charge >= 0.3 is 0 Å². The zero-order valence-corrected chi connectivity index (χ0v) is 22.6. The van der Waals surface area contributed by atoms with Gasteiger partial charge in [0.25, 0.3) is 5.91 Å². The molecule has 1 fully saturated rings. The number of nitrogens with one attached hydrogen (secondary N) is 1. The number of ketones is 1. The molecule has 5 rings (SSSR count). The molecule has 2 heterocycles. The van der Waals surface area contributed by atoms with Gasteiger partial charge in [-0.25, -0.2) is 0 Å². The van der Waals surface area contributed by atoms with Gasteiger partial charge in [-0.05, 0) is 63.1 Å². The Morgan fingerprint density at radius 2 is 1.72 bits per heavy atom. The van der Waals surface area contributed by atoms with Gasteiger partial charge in [0, 0.05) is 36.1 Å². The van der Waals surface area contributed by atoms with Crippen molar-refractivity contribution < 1.29 is 23.9 Å². The predicted octanol–water partition coefficient (Wildman–Crippen LogP) is 4.29. The summed E-state index contributed by atoms with van der Waals surface area (Å²) in [7, 11) is 1.79. The molecule has 2 amide bonds. The number of hydrogen-bond donors (Lipinski definition) is 1. The third kappa shape index (κ3) is 5.67. The Morgan fingerprint density at radius 3 is 2.36 bits per heavy atom. The van der Waals surface area contributed by atoms with Gasteiger partial charge in [-0.1, -0.05) is 31.4 Å². The second-order valence-electron chi connectivity index (χ2n) is 10.3. The first-order valence-electron chi connectivity index (χ1n) is 13.4. The number of aromatic nitrogens is 2. The van der Waals surface area contributed by atoms with Crippen LogP contribution in [0.15, 0.2) is 54.7 Å². The van der Waals surface area contributed by atoms with Crippen molar-refractivity contribution in [3.05, 3.63) is 71.5 Å². The molecule has 0 radical (unpaired) electrons. The second kappa shape index (κ2) is 11.3. The number of rotatable bonds is 7. The Hall–Kier alpha value is -4.14. The molecular weight excluding hydrogens is 496 g/mol. The van der Waals surface area contributed by atoms with Crippen LogP contribution in [-0.2, 0) is 16.6 Å². The van der Waals surface area contributed by atoms with E-state index in [-0.39, 0.29) is 24.3 Å². The number of aryl methyl sites for hydroxylation is 2. The molecule has 1 saturated carbocycles. The number of Topliss-reactive ketones (excluding diaryl/α,β-unsaturated/α-hetero) is 1. The molecule has 39 heavy (non-hydrogen) atoms. The van der Waals surface area contributed by atoms with E-state index in [1.807, 2.05) is 19.1 Å². The molecular formula is C30H34N4O5. The Balaban J connectivity index is 1.57. The summed E-state index contributed by atoms with van der Waals surface area (Å²) < 4.78 is 13.6. The van der Waals surface area contributed by atoms with Crippen molar-refractivity contribution in [1.29, 1.82) is 0 Å². The Bertz CT molecular complexity index is 1360. The highest BCUT2D eigenvalue weighted by atomic mass is 16.6. The minimum Gasteiger partial charge on any atom is -0.485 e. The second-order valence-corrected chi connectivity index (χ2v) is 10.3. The molecule has 0 saturated heterocycles. The molecule has 9 heteroatoms. The van der Waals surface area contributed by atoms with Gasteiger partial charge in [-0.2, -0.15) is 5.10 Å². The molecule has 1 aliphatic heterocycles. The quantitative estimate of drug-likeness (QED) is 0.457. The third-order valence-corrected chi connectivity index (χ3v) is 7.38. The molecule has 3 aromatic rings. The van der Waals surface area contributed by atoms with Gasteiger partial charge in [0.05, 0.1) is 5.69 Å². The lowest BCUT2D eigenvalue weighted by Gasteiger charge is -2.36. The summed E-state index contributed by atoms with van der Waals surface area (Å²) in [5.41, 5.74) is 2.25. The molecule has 2 aromatic carbocycles. The molecule has 1 N–H and O–H groups in total. The standard InChI is InChI=1S/C30H34N4O5/c1-19-24(17-33(3)32-19)28(29(36)31-22-9-5-4-6-10-22)34(23-15-13-21(14-16-23)20(2)35)30(37)27-18-38-25-11-7-8-12-26(25)39-27/h7-8,11-17,22,27-28H,4-6,9-10,18H2,1-3H3,(H,31,36)/t27-,28+/m1/s1. The van der Waals surface area contributed by atoms with Gasteiger partial charge in [-0.15, -0.1) is 0 Å². The van der Waals surface area contributed by atoms with Crippen LogP contribution in [0.3, 0.4) is 0 Å². The highest BCUT2D eigenvalue weighted by Crippen LogP contribution is 2.35. The maximum atomic E-state index is 14.3. The van der Waals surface area contributed by atoms with Crippen LogP contribution in [0.2, 0.25) is 0 Å². The number of carbonyl (C=O) groups is 3. The summed E-state index contributed by atoms with van der Waals surface area (Å²) in [6.45, 7) is 3.32. The van der Waals surface area contributed by atoms with E-state index in [9.17, 15) is 14.4 Å². The van der Waals surface area contributed by atoms with E-state index in [0.717, 1.165) is 32.1 Å². The van der Waals surface area contributed by atoms with Gasteiger partial charge in [0.1, 0.15) is 12.6 Å². The molecule has 0 unspecified atom stereocenters. The summed E-state index contributed by atoms with van der Waals surface area (Å²) in [6.07, 6.45) is 5.88. The minimum absolute atomic E-state index is 0.000855. The zero-order valence-electron chi connectivity index (χ0n) is 22.6. The van der Waals surface area contributed by atoms with E-state index < -0.39 is 18.1 Å². The first-order chi connectivity index (χ1) is 18.8. The van der Waals surface area contributed by atoms with Gasteiger partial charge in [0.15, 0.2) is 17.3 Å². The fourth-order valence-electron chi connectivity index (χ4n) is 5.37. The van der Waals surface area contributed by atoms with Crippen LogP contribution < -0.4 is 19.7 Å². The number of carbonyl (C=O) groups excluding carboxylic acids is 3. The third-order valence-electron chi connectivity index (χ3n) is 7.38. The lowest BCUT2D eigenvalue weighted by Crippen LogP contribution is -2.52. The Morgan fingerprint density at radius 1 is 1.03 bits per heavy atom. The molecule has 1 aliphatic carbocycles. The van der Waals surface area contributed by atoms with Gasteiger partial charge < -0.3 is 14.8 Å². The number of fused-ring (bicyclic) bond motifs is 1. The van der Waals surface area contributed by atoms with Crippen LogP contribution in [0.1, 0.15) is 66.7 Å². The van der Waals surface area contributed by atoms with Crippen LogP contribution in [0, 0.1) is 6.92 Å². The summed E-state index contributed by atoms with van der Waals surface area (Å²) in [4.78, 5) is 41.8. The smallest absolute Gasteiger partial charge is 0.272 e. The number of anilines is 1. The number of para-hydroxylation sites is 2. The fourth-order valence-corrected chi connectivity index (χ4v) is 5.37. The summed E-state index contributed by atoms with van der Waals surface area (Å²) in [6, 6.07) is 12.9. The Labute approximate surface area is 228 Å². The van der Waals surface area contributed by atoms with E-state index in [0.29, 0.717) is 34.0 Å². The maximum absolute atomic E-state index is 14.3. The average Bonchev–Trinajstić information content (AvgIpc) is 3.28.